The molecule has 7 heteroatoms. The van der Waals surface area contributed by atoms with E-state index in [1.807, 2.05) is 6.92 Å². The Morgan fingerprint density at radius 2 is 1.86 bits per heavy atom. The van der Waals surface area contributed by atoms with Gasteiger partial charge in [-0.25, -0.2) is 13.2 Å². The maximum absolute atomic E-state index is 12.4. The SMILES string of the molecule is CCCOC(=O)c1ccc(S(=O)(=O)N2CCOCC2)cc1. The number of hydrogen-bond donors (Lipinski definition) is 0. The van der Waals surface area contributed by atoms with Gasteiger partial charge in [-0.2, -0.15) is 4.31 Å². The van der Waals surface area contributed by atoms with Crippen molar-refractivity contribution in [1.82, 2.24) is 4.31 Å². The molecular formula is C14H19NO5S. The van der Waals surface area contributed by atoms with Crippen molar-refractivity contribution in [1.29, 1.82) is 0 Å². The predicted octanol–water partition coefficient (Wildman–Crippen LogP) is 1.27. The molecule has 0 aliphatic carbocycles. The standard InChI is InChI=1S/C14H19NO5S/c1-2-9-20-14(16)12-3-5-13(6-4-12)21(17,18)15-7-10-19-11-8-15/h3-6H,2,7-11H2,1H3. The van der Waals surface area contributed by atoms with Crippen molar-refractivity contribution in [3.63, 3.8) is 0 Å². The predicted molar refractivity (Wildman–Crippen MR) is 76.6 cm³/mol. The Bertz CT molecular complexity index is 576. The van der Waals surface area contributed by atoms with E-state index < -0.39 is 16.0 Å². The van der Waals surface area contributed by atoms with Crippen LogP contribution in [0.5, 0.6) is 0 Å². The van der Waals surface area contributed by atoms with E-state index in [0.717, 1.165) is 6.42 Å². The molecule has 116 valence electrons. The third-order valence-corrected chi connectivity index (χ3v) is 5.05. The molecule has 0 N–H and O–H groups in total. The Morgan fingerprint density at radius 3 is 2.43 bits per heavy atom. The second kappa shape index (κ2) is 7.02. The van der Waals surface area contributed by atoms with Gasteiger partial charge in [-0.05, 0) is 30.7 Å². The van der Waals surface area contributed by atoms with Crippen molar-refractivity contribution >= 4 is 16.0 Å². The third-order valence-electron chi connectivity index (χ3n) is 3.14. The monoisotopic (exact) mass is 313 g/mol. The van der Waals surface area contributed by atoms with Crippen LogP contribution in [0.15, 0.2) is 29.2 Å². The first-order valence-electron chi connectivity index (χ1n) is 6.91. The van der Waals surface area contributed by atoms with Crippen LogP contribution in [0.1, 0.15) is 23.7 Å². The number of morpholine rings is 1. The largest absolute Gasteiger partial charge is 0.462 e. The summed E-state index contributed by atoms with van der Waals surface area (Å²) in [7, 11) is -3.52. The molecule has 1 saturated heterocycles. The van der Waals surface area contributed by atoms with E-state index in [2.05, 4.69) is 0 Å². The number of esters is 1. The minimum Gasteiger partial charge on any atom is -0.462 e. The van der Waals surface area contributed by atoms with E-state index in [4.69, 9.17) is 9.47 Å². The van der Waals surface area contributed by atoms with Crippen molar-refractivity contribution < 1.29 is 22.7 Å². The van der Waals surface area contributed by atoms with Crippen molar-refractivity contribution in [2.24, 2.45) is 0 Å². The molecule has 0 atom stereocenters. The van der Waals surface area contributed by atoms with Gasteiger partial charge in [0.05, 0.1) is 30.3 Å². The minimum atomic E-state index is -3.52. The number of benzene rings is 1. The number of hydrogen-bond acceptors (Lipinski definition) is 5. The second-order valence-corrected chi connectivity index (χ2v) is 6.61. The molecule has 0 spiro atoms. The lowest BCUT2D eigenvalue weighted by atomic mass is 10.2. The fourth-order valence-electron chi connectivity index (χ4n) is 1.98. The van der Waals surface area contributed by atoms with Gasteiger partial charge in [0, 0.05) is 13.1 Å². The van der Waals surface area contributed by atoms with Gasteiger partial charge in [0.25, 0.3) is 0 Å². The van der Waals surface area contributed by atoms with Gasteiger partial charge in [-0.15, -0.1) is 0 Å². The van der Waals surface area contributed by atoms with Gasteiger partial charge >= 0.3 is 5.97 Å². The number of ether oxygens (including phenoxy) is 2. The van der Waals surface area contributed by atoms with Crippen LogP contribution in [0.3, 0.4) is 0 Å². The van der Waals surface area contributed by atoms with E-state index in [1.165, 1.54) is 28.6 Å². The van der Waals surface area contributed by atoms with Gasteiger partial charge in [0.1, 0.15) is 0 Å². The summed E-state index contributed by atoms with van der Waals surface area (Å²) >= 11 is 0. The molecule has 1 aromatic rings. The van der Waals surface area contributed by atoms with Crippen LogP contribution in [-0.4, -0.2) is 51.6 Å². The van der Waals surface area contributed by atoms with Gasteiger partial charge in [0.15, 0.2) is 0 Å². The molecule has 2 rings (SSSR count). The van der Waals surface area contributed by atoms with Crippen LogP contribution in [0.25, 0.3) is 0 Å². The lowest BCUT2D eigenvalue weighted by molar-refractivity contribution is 0.0505. The third kappa shape index (κ3) is 3.81. The minimum absolute atomic E-state index is 0.177. The van der Waals surface area contributed by atoms with E-state index in [0.29, 0.717) is 38.5 Å². The smallest absolute Gasteiger partial charge is 0.338 e. The summed E-state index contributed by atoms with van der Waals surface area (Å²) in [6, 6.07) is 5.83. The lowest BCUT2D eigenvalue weighted by Crippen LogP contribution is -2.40. The topological polar surface area (TPSA) is 72.9 Å². The van der Waals surface area contributed by atoms with Crippen LogP contribution in [0.4, 0.5) is 0 Å². The molecule has 6 nitrogen and oxygen atoms in total. The molecule has 0 bridgehead atoms. The first-order valence-corrected chi connectivity index (χ1v) is 8.35. The molecule has 1 aliphatic heterocycles. The molecular weight excluding hydrogens is 294 g/mol. The summed E-state index contributed by atoms with van der Waals surface area (Å²) in [4.78, 5) is 11.8. The number of rotatable bonds is 5. The highest BCUT2D eigenvalue weighted by atomic mass is 32.2. The van der Waals surface area contributed by atoms with Crippen molar-refractivity contribution in [3.8, 4) is 0 Å². The molecule has 0 radical (unpaired) electrons. The molecule has 1 fully saturated rings. The van der Waals surface area contributed by atoms with Crippen LogP contribution in [-0.2, 0) is 19.5 Å². The number of nitrogens with zero attached hydrogens (tertiary/aromatic N) is 1. The zero-order valence-corrected chi connectivity index (χ0v) is 12.8. The first kappa shape index (κ1) is 15.9. The highest BCUT2D eigenvalue weighted by Gasteiger charge is 2.26. The summed E-state index contributed by atoms with van der Waals surface area (Å²) in [5, 5.41) is 0. The molecule has 0 aromatic heterocycles. The van der Waals surface area contributed by atoms with Crippen molar-refractivity contribution in [2.45, 2.75) is 18.2 Å². The van der Waals surface area contributed by atoms with Crippen LogP contribution in [0.2, 0.25) is 0 Å². The highest BCUT2D eigenvalue weighted by molar-refractivity contribution is 7.89. The van der Waals surface area contributed by atoms with E-state index >= 15 is 0 Å². The normalized spacial score (nSPS) is 16.6. The van der Waals surface area contributed by atoms with E-state index in [1.54, 1.807) is 0 Å². The van der Waals surface area contributed by atoms with Crippen molar-refractivity contribution in [3.05, 3.63) is 29.8 Å². The Labute approximate surface area is 124 Å². The van der Waals surface area contributed by atoms with Crippen LogP contribution in [0, 0.1) is 0 Å². The van der Waals surface area contributed by atoms with Gasteiger partial charge in [-0.1, -0.05) is 6.92 Å². The fraction of sp³-hybridized carbons (Fsp3) is 0.500. The summed E-state index contributed by atoms with van der Waals surface area (Å²) in [6.45, 7) is 3.77. The van der Waals surface area contributed by atoms with Gasteiger partial charge in [-0.3, -0.25) is 0 Å². The second-order valence-electron chi connectivity index (χ2n) is 4.68. The maximum atomic E-state index is 12.4. The summed E-state index contributed by atoms with van der Waals surface area (Å²) in [6.07, 6.45) is 0.745. The average molecular weight is 313 g/mol. The van der Waals surface area contributed by atoms with Crippen molar-refractivity contribution in [2.75, 3.05) is 32.9 Å². The molecule has 0 unspecified atom stereocenters. The molecule has 0 saturated carbocycles. The average Bonchev–Trinajstić information content (AvgIpc) is 2.53. The summed E-state index contributed by atoms with van der Waals surface area (Å²) in [5.41, 5.74) is 0.351. The Balaban J connectivity index is 2.12. The molecule has 1 aromatic carbocycles. The summed E-state index contributed by atoms with van der Waals surface area (Å²) in [5.74, 6) is -0.438. The van der Waals surface area contributed by atoms with Crippen LogP contribution >= 0.6 is 0 Å². The van der Waals surface area contributed by atoms with E-state index in [9.17, 15) is 13.2 Å². The molecule has 0 amide bonds. The fourth-order valence-corrected chi connectivity index (χ4v) is 3.39. The number of sulfonamides is 1. The lowest BCUT2D eigenvalue weighted by Gasteiger charge is -2.26. The summed E-state index contributed by atoms with van der Waals surface area (Å²) < 4.78 is 36.3. The Kier molecular flexibility index (Phi) is 5.33. The molecule has 1 heterocycles. The molecule has 1 aliphatic rings. The zero-order chi connectivity index (χ0) is 15.3. The van der Waals surface area contributed by atoms with E-state index in [-0.39, 0.29) is 4.90 Å². The van der Waals surface area contributed by atoms with Gasteiger partial charge in [0.2, 0.25) is 10.0 Å². The highest BCUT2D eigenvalue weighted by Crippen LogP contribution is 2.18. The quantitative estimate of drug-likeness (QED) is 0.766. The van der Waals surface area contributed by atoms with Gasteiger partial charge < -0.3 is 9.47 Å². The molecule has 21 heavy (non-hydrogen) atoms. The number of carbonyl (C=O) groups excluding carboxylic acids is 1. The zero-order valence-electron chi connectivity index (χ0n) is 11.9. The van der Waals surface area contributed by atoms with Crippen LogP contribution < -0.4 is 0 Å². The Hall–Kier alpha value is -1.44. The maximum Gasteiger partial charge on any atom is 0.338 e. The number of carbonyl (C=O) groups is 1. The first-order chi connectivity index (χ1) is 10.1. The Morgan fingerprint density at radius 1 is 1.24 bits per heavy atom.